The molecule has 0 amide bonds. The fraction of sp³-hybridized carbons (Fsp3) is 0.0769. The van der Waals surface area contributed by atoms with Crippen LogP contribution in [-0.2, 0) is 0 Å². The number of benzene rings is 4. The van der Waals surface area contributed by atoms with Gasteiger partial charge in [-0.15, -0.1) is 0 Å². The molecule has 150 valence electrons. The summed E-state index contributed by atoms with van der Waals surface area (Å²) in [6.45, 7) is 3.41. The summed E-state index contributed by atoms with van der Waals surface area (Å²) < 4.78 is 57.6. The summed E-state index contributed by atoms with van der Waals surface area (Å²) in [7, 11) is 0. The predicted octanol–water partition coefficient (Wildman–Crippen LogP) is 7.86. The van der Waals surface area contributed by atoms with Crippen LogP contribution >= 0.6 is 0 Å². The molecule has 0 nitrogen and oxygen atoms in total. The highest BCUT2D eigenvalue weighted by atomic mass is 19.2. The zero-order valence-electron chi connectivity index (χ0n) is 16.4. The van der Waals surface area contributed by atoms with Crippen molar-refractivity contribution in [1.82, 2.24) is 0 Å². The van der Waals surface area contributed by atoms with E-state index in [9.17, 15) is 17.6 Å². The molecule has 30 heavy (non-hydrogen) atoms. The van der Waals surface area contributed by atoms with Gasteiger partial charge in [0.2, 0.25) is 0 Å². The normalized spacial score (nSPS) is 11.0. The van der Waals surface area contributed by atoms with Crippen LogP contribution in [0.15, 0.2) is 72.8 Å². The first-order chi connectivity index (χ1) is 14.3. The highest BCUT2D eigenvalue weighted by Gasteiger charge is 2.15. The fourth-order valence-electron chi connectivity index (χ4n) is 3.44. The second-order valence-corrected chi connectivity index (χ2v) is 7.31. The lowest BCUT2D eigenvalue weighted by molar-refractivity contribution is 0.505. The number of hydrogen-bond acceptors (Lipinski definition) is 0. The van der Waals surface area contributed by atoms with Crippen molar-refractivity contribution >= 4 is 0 Å². The Morgan fingerprint density at radius 1 is 0.467 bits per heavy atom. The number of hydrogen-bond donors (Lipinski definition) is 0. The Bertz CT molecular complexity index is 1240. The highest BCUT2D eigenvalue weighted by molar-refractivity contribution is 5.74. The minimum atomic E-state index is -1.02. The predicted molar refractivity (Wildman–Crippen MR) is 112 cm³/mol. The largest absolute Gasteiger partial charge is 0.206 e. The van der Waals surface area contributed by atoms with Crippen molar-refractivity contribution in [3.8, 4) is 33.4 Å². The van der Waals surface area contributed by atoms with Crippen molar-refractivity contribution in [2.45, 2.75) is 13.8 Å². The van der Waals surface area contributed by atoms with Gasteiger partial charge < -0.3 is 0 Å². The first-order valence-corrected chi connectivity index (χ1v) is 9.46. The highest BCUT2D eigenvalue weighted by Crippen LogP contribution is 2.33. The summed E-state index contributed by atoms with van der Waals surface area (Å²) in [5.74, 6) is -3.08. The molecule has 0 unspecified atom stereocenters. The third kappa shape index (κ3) is 3.61. The minimum Gasteiger partial charge on any atom is -0.206 e. The Morgan fingerprint density at radius 2 is 0.933 bits per heavy atom. The van der Waals surface area contributed by atoms with Crippen molar-refractivity contribution in [3.63, 3.8) is 0 Å². The first kappa shape index (κ1) is 19.9. The third-order valence-electron chi connectivity index (χ3n) is 5.20. The Kier molecular flexibility index (Phi) is 5.17. The number of halogens is 4. The van der Waals surface area contributed by atoms with Gasteiger partial charge in [-0.1, -0.05) is 66.2 Å². The molecule has 0 spiro atoms. The molecule has 4 aromatic carbocycles. The van der Waals surface area contributed by atoms with E-state index in [0.717, 1.165) is 17.2 Å². The van der Waals surface area contributed by atoms with E-state index in [1.165, 1.54) is 37.3 Å². The molecule has 0 radical (unpaired) electrons. The second-order valence-electron chi connectivity index (χ2n) is 7.31. The van der Waals surface area contributed by atoms with Gasteiger partial charge in [-0.05, 0) is 48.2 Å². The average molecular weight is 406 g/mol. The first-order valence-electron chi connectivity index (χ1n) is 9.46. The van der Waals surface area contributed by atoms with E-state index in [-0.39, 0.29) is 22.3 Å². The van der Waals surface area contributed by atoms with Crippen LogP contribution < -0.4 is 0 Å². The molecule has 0 saturated carbocycles. The summed E-state index contributed by atoms with van der Waals surface area (Å²) in [5, 5.41) is 0. The van der Waals surface area contributed by atoms with Gasteiger partial charge in [0.15, 0.2) is 11.6 Å². The maximum absolute atomic E-state index is 14.8. The van der Waals surface area contributed by atoms with Crippen LogP contribution in [0.3, 0.4) is 0 Å². The zero-order chi connectivity index (χ0) is 21.4. The maximum atomic E-state index is 14.8. The Morgan fingerprint density at radius 3 is 1.50 bits per heavy atom. The summed E-state index contributed by atoms with van der Waals surface area (Å²) in [6.07, 6.45) is 0. The van der Waals surface area contributed by atoms with Gasteiger partial charge in [0.1, 0.15) is 11.6 Å². The van der Waals surface area contributed by atoms with E-state index in [0.29, 0.717) is 11.1 Å². The van der Waals surface area contributed by atoms with Crippen LogP contribution in [0.2, 0.25) is 0 Å². The van der Waals surface area contributed by atoms with Crippen LogP contribution in [0.4, 0.5) is 17.6 Å². The van der Waals surface area contributed by atoms with Gasteiger partial charge in [0, 0.05) is 16.7 Å². The van der Waals surface area contributed by atoms with Crippen molar-refractivity contribution in [1.29, 1.82) is 0 Å². The standard InChI is InChI=1S/C26H18F4/c1-15-3-6-17(7-4-15)20-11-8-18(13-23(20)27)21-12-9-19(14-24(21)28)22-10-5-16(2)25(29)26(22)30/h3-14H,1-2H3. The Labute approximate surface area is 172 Å². The van der Waals surface area contributed by atoms with Crippen molar-refractivity contribution in [3.05, 3.63) is 107 Å². The fourth-order valence-corrected chi connectivity index (χ4v) is 3.44. The molecular formula is C26H18F4. The topological polar surface area (TPSA) is 0 Å². The van der Waals surface area contributed by atoms with Crippen molar-refractivity contribution in [2.24, 2.45) is 0 Å². The Hall–Kier alpha value is -3.40. The van der Waals surface area contributed by atoms with Gasteiger partial charge in [-0.25, -0.2) is 17.6 Å². The second kappa shape index (κ2) is 7.79. The van der Waals surface area contributed by atoms with Gasteiger partial charge >= 0.3 is 0 Å². The van der Waals surface area contributed by atoms with E-state index in [4.69, 9.17) is 0 Å². The quantitative estimate of drug-likeness (QED) is 0.304. The lowest BCUT2D eigenvalue weighted by Gasteiger charge is -2.11. The third-order valence-corrected chi connectivity index (χ3v) is 5.20. The smallest absolute Gasteiger partial charge is 0.166 e. The lowest BCUT2D eigenvalue weighted by Crippen LogP contribution is -1.94. The maximum Gasteiger partial charge on any atom is 0.166 e. The van der Waals surface area contributed by atoms with Crippen LogP contribution in [0, 0.1) is 37.1 Å². The average Bonchev–Trinajstić information content (AvgIpc) is 2.73. The van der Waals surface area contributed by atoms with E-state index < -0.39 is 23.3 Å². The van der Waals surface area contributed by atoms with Gasteiger partial charge in [0.25, 0.3) is 0 Å². The van der Waals surface area contributed by atoms with Crippen molar-refractivity contribution in [2.75, 3.05) is 0 Å². The molecule has 0 aromatic heterocycles. The van der Waals surface area contributed by atoms with Crippen molar-refractivity contribution < 1.29 is 17.6 Å². The summed E-state index contributed by atoms with van der Waals surface area (Å²) >= 11 is 0. The molecule has 4 heteroatoms. The van der Waals surface area contributed by atoms with Crippen LogP contribution in [0.5, 0.6) is 0 Å². The molecule has 0 bridgehead atoms. The van der Waals surface area contributed by atoms with E-state index >= 15 is 0 Å². The molecule has 0 saturated heterocycles. The van der Waals surface area contributed by atoms with Crippen LogP contribution in [0.25, 0.3) is 33.4 Å². The molecular weight excluding hydrogens is 388 g/mol. The Balaban J connectivity index is 1.71. The van der Waals surface area contributed by atoms with Gasteiger partial charge in [-0.3, -0.25) is 0 Å². The van der Waals surface area contributed by atoms with E-state index in [1.807, 2.05) is 31.2 Å². The summed E-state index contributed by atoms with van der Waals surface area (Å²) in [4.78, 5) is 0. The molecule has 4 aromatic rings. The van der Waals surface area contributed by atoms with E-state index in [2.05, 4.69) is 0 Å². The molecule has 0 aliphatic rings. The molecule has 0 atom stereocenters. The van der Waals surface area contributed by atoms with Gasteiger partial charge in [0.05, 0.1) is 0 Å². The number of aryl methyl sites for hydroxylation is 2. The summed E-state index contributed by atoms with van der Waals surface area (Å²) in [6, 6.07) is 18.9. The van der Waals surface area contributed by atoms with Crippen LogP contribution in [-0.4, -0.2) is 0 Å². The molecule has 0 fully saturated rings. The monoisotopic (exact) mass is 406 g/mol. The molecule has 0 aliphatic heterocycles. The molecule has 4 rings (SSSR count). The van der Waals surface area contributed by atoms with Gasteiger partial charge in [-0.2, -0.15) is 0 Å². The summed E-state index contributed by atoms with van der Waals surface area (Å²) in [5.41, 5.74) is 3.14. The molecule has 0 heterocycles. The SMILES string of the molecule is Cc1ccc(-c2ccc(-c3ccc(-c4ccc(C)c(F)c4F)cc3F)cc2F)cc1. The van der Waals surface area contributed by atoms with E-state index in [1.54, 1.807) is 12.1 Å². The number of rotatable bonds is 3. The molecule has 0 aliphatic carbocycles. The zero-order valence-corrected chi connectivity index (χ0v) is 16.4. The molecule has 0 N–H and O–H groups in total. The van der Waals surface area contributed by atoms with Crippen LogP contribution in [0.1, 0.15) is 11.1 Å². The lowest BCUT2D eigenvalue weighted by atomic mass is 9.96. The minimum absolute atomic E-state index is 0.0237.